The first-order valence-corrected chi connectivity index (χ1v) is 10.9. The largest absolute Gasteiger partial charge is 0.388 e. The Balaban J connectivity index is 1.52. The van der Waals surface area contributed by atoms with E-state index in [1.54, 1.807) is 0 Å². The number of Topliss-reactive ketones (excluding diaryl/α,β-unsaturated/α-hetero) is 1. The predicted molar refractivity (Wildman–Crippen MR) is 104 cm³/mol. The summed E-state index contributed by atoms with van der Waals surface area (Å²) in [5.41, 5.74) is -2.18. The van der Waals surface area contributed by atoms with Crippen molar-refractivity contribution < 1.29 is 14.6 Å². The van der Waals surface area contributed by atoms with Gasteiger partial charge >= 0.3 is 0 Å². The van der Waals surface area contributed by atoms with Gasteiger partial charge in [-0.05, 0) is 69.6 Å². The number of carbonyl (C=O) groups excluding carboxylic acids is 1. The van der Waals surface area contributed by atoms with Crippen molar-refractivity contribution >= 4 is 5.78 Å². The first-order valence-electron chi connectivity index (χ1n) is 10.9. The van der Waals surface area contributed by atoms with Crippen molar-refractivity contribution in [2.24, 2.45) is 34.5 Å². The van der Waals surface area contributed by atoms with Crippen LogP contribution in [0.4, 0.5) is 0 Å². The van der Waals surface area contributed by atoms with Crippen LogP contribution < -0.4 is 0 Å². The van der Waals surface area contributed by atoms with Crippen molar-refractivity contribution in [3.8, 4) is 18.4 Å². The second-order valence-electron chi connectivity index (χ2n) is 11.0. The summed E-state index contributed by atoms with van der Waals surface area (Å²) in [4.78, 5) is 12.9. The quantitative estimate of drug-likeness (QED) is 0.556. The molecule has 1 N–H and O–H groups in total. The average Bonchev–Trinajstić information content (AvgIpc) is 3.20. The van der Waals surface area contributed by atoms with Crippen LogP contribution in [0.2, 0.25) is 0 Å². The molecule has 0 unspecified atom stereocenters. The Morgan fingerprint density at radius 3 is 2.50 bits per heavy atom. The van der Waals surface area contributed by atoms with Gasteiger partial charge < -0.3 is 9.84 Å². The second kappa shape index (κ2) is 5.21. The molecule has 0 aromatic rings. The van der Waals surface area contributed by atoms with Crippen LogP contribution in [0.3, 0.4) is 0 Å². The predicted octanol–water partition coefficient (Wildman–Crippen LogP) is 3.62. The highest BCUT2D eigenvalue weighted by atomic mass is 16.6. The minimum atomic E-state index is -0.772. The fraction of sp³-hybridized carbons (Fsp3) is 0.833. The van der Waals surface area contributed by atoms with Gasteiger partial charge in [0.1, 0.15) is 11.5 Å². The van der Waals surface area contributed by atoms with E-state index in [9.17, 15) is 15.2 Å². The summed E-state index contributed by atoms with van der Waals surface area (Å²) in [5.74, 6) is 3.58. The lowest BCUT2D eigenvalue weighted by Gasteiger charge is -2.61. The highest BCUT2D eigenvalue weighted by Gasteiger charge is 2.84. The van der Waals surface area contributed by atoms with E-state index in [0.717, 1.165) is 38.5 Å². The molecule has 1 aliphatic heterocycles. The number of rotatable bonds is 1. The standard InChI is InChI=1S/C24H31NO3/c1-5-9-23(27)11-8-17-16-6-12-24-21(3,18(16)7-10-20(17,23)2)13-15(14-25)19(26)22(24,4)28-24/h1,15-18,27H,6-13H2,2-4H3/t15-,16-,17-,18-,20-,21+,22+,23-,24-/m0/s1. The molecule has 4 heteroatoms. The first-order chi connectivity index (χ1) is 13.1. The van der Waals surface area contributed by atoms with Crippen molar-refractivity contribution in [2.45, 2.75) is 88.9 Å². The van der Waals surface area contributed by atoms with E-state index < -0.39 is 17.1 Å². The molecule has 0 radical (unpaired) electrons. The van der Waals surface area contributed by atoms with Gasteiger partial charge in [-0.25, -0.2) is 0 Å². The summed E-state index contributed by atoms with van der Waals surface area (Å²) in [7, 11) is 0. The Hall–Kier alpha value is -1.36. The highest BCUT2D eigenvalue weighted by molar-refractivity contribution is 5.96. The lowest BCUT2D eigenvalue weighted by atomic mass is 9.42. The number of nitrogens with zero attached hydrogens (tertiary/aromatic N) is 1. The summed E-state index contributed by atoms with van der Waals surface area (Å²) < 4.78 is 6.29. The maximum Gasteiger partial charge on any atom is 0.184 e. The molecule has 5 aliphatic rings. The minimum Gasteiger partial charge on any atom is -0.388 e. The molecule has 9 atom stereocenters. The van der Waals surface area contributed by atoms with E-state index in [2.05, 4.69) is 25.8 Å². The number of epoxide rings is 1. The fourth-order valence-corrected chi connectivity index (χ4v) is 8.80. The zero-order valence-corrected chi connectivity index (χ0v) is 17.3. The fourth-order valence-electron chi connectivity index (χ4n) is 8.80. The molecule has 0 aromatic heterocycles. The molecular weight excluding hydrogens is 350 g/mol. The molecule has 1 spiro atoms. The molecule has 28 heavy (non-hydrogen) atoms. The van der Waals surface area contributed by atoms with E-state index in [1.165, 1.54) is 0 Å². The second-order valence-corrected chi connectivity index (χ2v) is 11.0. The van der Waals surface area contributed by atoms with Crippen LogP contribution >= 0.6 is 0 Å². The average molecular weight is 382 g/mol. The van der Waals surface area contributed by atoms with E-state index in [0.29, 0.717) is 30.6 Å². The van der Waals surface area contributed by atoms with Crippen LogP contribution in [0.25, 0.3) is 0 Å². The van der Waals surface area contributed by atoms with Gasteiger partial charge in [0.25, 0.3) is 0 Å². The molecule has 0 aromatic carbocycles. The SMILES string of the molecule is C#CC[C@]1(O)CC[C@H]2[C@@H]3CC[C@@]45O[C@]4(C)C(=O)[C@H](C#N)C[C@]5(C)[C@H]3CC[C@@]21C. The Bertz CT molecular complexity index is 840. The Morgan fingerprint density at radius 1 is 1.14 bits per heavy atom. The Kier molecular flexibility index (Phi) is 3.47. The van der Waals surface area contributed by atoms with E-state index in [1.807, 2.05) is 6.92 Å². The lowest BCUT2D eigenvalue weighted by molar-refractivity contribution is -0.156. The maximum absolute atomic E-state index is 12.9. The molecule has 5 fully saturated rings. The monoisotopic (exact) mass is 381 g/mol. The van der Waals surface area contributed by atoms with E-state index in [-0.39, 0.29) is 22.2 Å². The number of fused-ring (bicyclic) bond motifs is 4. The Labute approximate surface area is 168 Å². The zero-order valence-electron chi connectivity index (χ0n) is 17.3. The first kappa shape index (κ1) is 18.7. The van der Waals surface area contributed by atoms with Crippen LogP contribution in [0.1, 0.15) is 72.1 Å². The summed E-state index contributed by atoms with van der Waals surface area (Å²) in [6.45, 7) is 6.47. The third kappa shape index (κ3) is 1.75. The summed E-state index contributed by atoms with van der Waals surface area (Å²) in [6, 6.07) is 2.28. The Morgan fingerprint density at radius 2 is 1.82 bits per heavy atom. The number of nitriles is 1. The van der Waals surface area contributed by atoms with Gasteiger partial charge in [-0.3, -0.25) is 4.79 Å². The van der Waals surface area contributed by atoms with Gasteiger partial charge in [0.15, 0.2) is 11.4 Å². The number of aliphatic hydroxyl groups is 1. The molecule has 5 rings (SSSR count). The van der Waals surface area contributed by atoms with Crippen molar-refractivity contribution in [3.05, 3.63) is 0 Å². The van der Waals surface area contributed by atoms with Crippen LogP contribution in [-0.2, 0) is 9.53 Å². The number of hydrogen-bond acceptors (Lipinski definition) is 4. The molecule has 4 nitrogen and oxygen atoms in total. The van der Waals surface area contributed by atoms with Gasteiger partial charge in [0.05, 0.1) is 11.7 Å². The van der Waals surface area contributed by atoms with E-state index in [4.69, 9.17) is 11.2 Å². The summed E-state index contributed by atoms with van der Waals surface area (Å²) in [6.07, 6.45) is 12.4. The molecule has 4 aliphatic carbocycles. The summed E-state index contributed by atoms with van der Waals surface area (Å²) in [5, 5.41) is 21.0. The maximum atomic E-state index is 12.9. The zero-order chi connectivity index (χ0) is 20.2. The van der Waals surface area contributed by atoms with Gasteiger partial charge in [0.2, 0.25) is 0 Å². The van der Waals surface area contributed by atoms with Crippen LogP contribution in [0.5, 0.6) is 0 Å². The number of ether oxygens (including phenoxy) is 1. The number of terminal acetylenes is 1. The highest BCUT2D eigenvalue weighted by Crippen LogP contribution is 2.76. The molecule has 1 heterocycles. The molecule has 150 valence electrons. The van der Waals surface area contributed by atoms with Gasteiger partial charge in [-0.2, -0.15) is 5.26 Å². The number of ketones is 1. The van der Waals surface area contributed by atoms with Gasteiger partial charge in [0, 0.05) is 17.3 Å². The van der Waals surface area contributed by atoms with Crippen LogP contribution in [0.15, 0.2) is 0 Å². The van der Waals surface area contributed by atoms with Crippen molar-refractivity contribution in [3.63, 3.8) is 0 Å². The molecule has 0 bridgehead atoms. The number of carbonyl (C=O) groups is 1. The molecule has 1 saturated heterocycles. The molecule has 4 saturated carbocycles. The third-order valence-electron chi connectivity index (χ3n) is 10.4. The molecule has 0 amide bonds. The minimum absolute atomic E-state index is 0.00386. The van der Waals surface area contributed by atoms with Gasteiger partial charge in [-0.1, -0.05) is 13.8 Å². The van der Waals surface area contributed by atoms with E-state index >= 15 is 0 Å². The van der Waals surface area contributed by atoms with Crippen molar-refractivity contribution in [1.29, 1.82) is 5.26 Å². The lowest BCUT2D eigenvalue weighted by Crippen LogP contribution is -2.62. The van der Waals surface area contributed by atoms with Crippen molar-refractivity contribution in [2.75, 3.05) is 0 Å². The van der Waals surface area contributed by atoms with Crippen LogP contribution in [-0.4, -0.2) is 27.7 Å². The van der Waals surface area contributed by atoms with Gasteiger partial charge in [-0.15, -0.1) is 12.3 Å². The number of hydrogen-bond donors (Lipinski definition) is 1. The van der Waals surface area contributed by atoms with Crippen molar-refractivity contribution in [1.82, 2.24) is 0 Å². The normalized spacial score (nSPS) is 59.1. The smallest absolute Gasteiger partial charge is 0.184 e. The topological polar surface area (TPSA) is 73.6 Å². The molecular formula is C24H31NO3. The van der Waals surface area contributed by atoms with Crippen LogP contribution in [0, 0.1) is 58.2 Å². The third-order valence-corrected chi connectivity index (χ3v) is 10.4. The summed E-state index contributed by atoms with van der Waals surface area (Å²) >= 11 is 0.